The molecule has 148 valence electrons. The highest BCUT2D eigenvalue weighted by molar-refractivity contribution is 5.81. The molecule has 2 heterocycles. The molecule has 0 spiro atoms. The zero-order chi connectivity index (χ0) is 18.8. The predicted octanol–water partition coefficient (Wildman–Crippen LogP) is 2.16. The highest BCUT2D eigenvalue weighted by atomic mass is 16.5. The number of carbonyl (C=O) groups is 2. The average molecular weight is 367 g/mol. The molecule has 3 aliphatic rings. The molecule has 2 aliphatic heterocycles. The Hall–Kier alpha value is -1.14. The van der Waals surface area contributed by atoms with Crippen molar-refractivity contribution in [1.29, 1.82) is 0 Å². The molecule has 0 unspecified atom stereocenters. The number of ether oxygens (including phenoxy) is 2. The number of nitrogens with one attached hydrogen (secondary N) is 2. The van der Waals surface area contributed by atoms with Gasteiger partial charge >= 0.3 is 0 Å². The summed E-state index contributed by atoms with van der Waals surface area (Å²) in [6, 6.07) is 0.125. The van der Waals surface area contributed by atoms with E-state index in [1.807, 2.05) is 0 Å². The smallest absolute Gasteiger partial charge is 0.249 e. The summed E-state index contributed by atoms with van der Waals surface area (Å²) in [5.74, 6) is 0.0305. The molecule has 6 heteroatoms. The molecule has 4 atom stereocenters. The molecule has 0 bridgehead atoms. The standard InChI is InChI=1S/C20H34N2O4/c1-19(2)10-14(22-18(24)16-7-5-9-26-16)11-20(3,12-19)13-21-17(23)15-6-4-8-25-15/h14-16H,4-13H2,1-3H3,(H,21,23)(H,22,24)/t14-,15-,16-,20+/m0/s1. The fraction of sp³-hybridized carbons (Fsp3) is 0.900. The number of carbonyl (C=O) groups excluding carboxylic acids is 2. The molecule has 0 aromatic carbocycles. The number of hydrogen-bond donors (Lipinski definition) is 2. The summed E-state index contributed by atoms with van der Waals surface area (Å²) < 4.78 is 11.0. The van der Waals surface area contributed by atoms with Gasteiger partial charge in [-0.3, -0.25) is 9.59 Å². The molecule has 3 rings (SSSR count). The molecule has 26 heavy (non-hydrogen) atoms. The monoisotopic (exact) mass is 366 g/mol. The van der Waals surface area contributed by atoms with Crippen molar-refractivity contribution < 1.29 is 19.1 Å². The molecule has 0 radical (unpaired) electrons. The molecule has 6 nitrogen and oxygen atoms in total. The van der Waals surface area contributed by atoms with E-state index in [9.17, 15) is 9.59 Å². The van der Waals surface area contributed by atoms with Crippen LogP contribution in [0.5, 0.6) is 0 Å². The van der Waals surface area contributed by atoms with Crippen molar-refractivity contribution in [2.75, 3.05) is 19.8 Å². The lowest BCUT2D eigenvalue weighted by Crippen LogP contribution is -2.52. The van der Waals surface area contributed by atoms with Crippen LogP contribution in [0, 0.1) is 10.8 Å². The van der Waals surface area contributed by atoms with Gasteiger partial charge in [0.15, 0.2) is 0 Å². The van der Waals surface area contributed by atoms with Crippen LogP contribution in [0.3, 0.4) is 0 Å². The molecular weight excluding hydrogens is 332 g/mol. The van der Waals surface area contributed by atoms with E-state index in [-0.39, 0.29) is 40.9 Å². The van der Waals surface area contributed by atoms with Gasteiger partial charge in [-0.05, 0) is 55.8 Å². The van der Waals surface area contributed by atoms with Crippen molar-refractivity contribution in [2.24, 2.45) is 10.8 Å². The third kappa shape index (κ3) is 4.97. The van der Waals surface area contributed by atoms with Crippen LogP contribution in [0.2, 0.25) is 0 Å². The fourth-order valence-corrected chi connectivity index (χ4v) is 5.15. The van der Waals surface area contributed by atoms with Gasteiger partial charge in [-0.1, -0.05) is 20.8 Å². The van der Waals surface area contributed by atoms with Crippen LogP contribution in [-0.2, 0) is 19.1 Å². The van der Waals surface area contributed by atoms with E-state index in [0.29, 0.717) is 19.8 Å². The summed E-state index contributed by atoms with van der Waals surface area (Å²) in [6.07, 6.45) is 5.83. The quantitative estimate of drug-likeness (QED) is 0.782. The second kappa shape index (κ2) is 7.85. The highest BCUT2D eigenvalue weighted by Gasteiger charge is 2.42. The number of hydrogen-bond acceptors (Lipinski definition) is 4. The van der Waals surface area contributed by atoms with Crippen molar-refractivity contribution >= 4 is 11.8 Å². The normalized spacial score (nSPS) is 36.7. The van der Waals surface area contributed by atoms with E-state index in [4.69, 9.17) is 9.47 Å². The van der Waals surface area contributed by atoms with Crippen LogP contribution >= 0.6 is 0 Å². The first-order valence-corrected chi connectivity index (χ1v) is 10.1. The maximum atomic E-state index is 12.5. The van der Waals surface area contributed by atoms with Gasteiger partial charge in [0.25, 0.3) is 0 Å². The van der Waals surface area contributed by atoms with E-state index in [1.54, 1.807) is 0 Å². The molecule has 2 N–H and O–H groups in total. The molecule has 2 saturated heterocycles. The van der Waals surface area contributed by atoms with Crippen molar-refractivity contribution in [3.05, 3.63) is 0 Å². The Bertz CT molecular complexity index is 524. The summed E-state index contributed by atoms with van der Waals surface area (Å²) in [5, 5.41) is 6.31. The minimum Gasteiger partial charge on any atom is -0.368 e. The summed E-state index contributed by atoms with van der Waals surface area (Å²) in [6.45, 7) is 8.70. The van der Waals surface area contributed by atoms with Crippen LogP contribution in [-0.4, -0.2) is 49.8 Å². The molecule has 3 fully saturated rings. The highest BCUT2D eigenvalue weighted by Crippen LogP contribution is 2.45. The van der Waals surface area contributed by atoms with Gasteiger partial charge in [-0.25, -0.2) is 0 Å². The second-order valence-electron chi connectivity index (χ2n) is 9.49. The largest absolute Gasteiger partial charge is 0.368 e. The van der Waals surface area contributed by atoms with Crippen LogP contribution in [0.4, 0.5) is 0 Å². The summed E-state index contributed by atoms with van der Waals surface area (Å²) in [5.41, 5.74) is 0.0839. The molecule has 0 aromatic rings. The van der Waals surface area contributed by atoms with Crippen LogP contribution in [0.25, 0.3) is 0 Å². The second-order valence-corrected chi connectivity index (χ2v) is 9.49. The third-order valence-corrected chi connectivity index (χ3v) is 5.92. The lowest BCUT2D eigenvalue weighted by Gasteiger charge is -2.47. The SMILES string of the molecule is CC1(C)C[C@H](NC(=O)[C@@H]2CCCO2)C[C@@](C)(CNC(=O)[C@@H]2CCCO2)C1. The number of amides is 2. The Morgan fingerprint density at radius 3 is 2.15 bits per heavy atom. The summed E-state index contributed by atoms with van der Waals surface area (Å²) in [4.78, 5) is 24.8. The van der Waals surface area contributed by atoms with Crippen molar-refractivity contribution in [3.8, 4) is 0 Å². The van der Waals surface area contributed by atoms with Gasteiger partial charge in [0.05, 0.1) is 0 Å². The summed E-state index contributed by atoms with van der Waals surface area (Å²) >= 11 is 0. The van der Waals surface area contributed by atoms with Gasteiger partial charge in [0.1, 0.15) is 12.2 Å². The van der Waals surface area contributed by atoms with Crippen molar-refractivity contribution in [3.63, 3.8) is 0 Å². The summed E-state index contributed by atoms with van der Waals surface area (Å²) in [7, 11) is 0. The fourth-order valence-electron chi connectivity index (χ4n) is 5.15. The Morgan fingerprint density at radius 1 is 0.962 bits per heavy atom. The average Bonchev–Trinajstić information content (AvgIpc) is 3.23. The van der Waals surface area contributed by atoms with E-state index in [1.165, 1.54) is 0 Å². The first-order chi connectivity index (χ1) is 12.3. The topological polar surface area (TPSA) is 76.7 Å². The van der Waals surface area contributed by atoms with Crippen molar-refractivity contribution in [1.82, 2.24) is 10.6 Å². The predicted molar refractivity (Wildman–Crippen MR) is 98.6 cm³/mol. The lowest BCUT2D eigenvalue weighted by molar-refractivity contribution is -0.133. The number of rotatable bonds is 5. The van der Waals surface area contributed by atoms with Gasteiger partial charge in [0.2, 0.25) is 11.8 Å². The van der Waals surface area contributed by atoms with Gasteiger partial charge in [-0.2, -0.15) is 0 Å². The molecular formula is C20H34N2O4. The Kier molecular flexibility index (Phi) is 5.92. The Morgan fingerprint density at radius 2 is 1.58 bits per heavy atom. The maximum absolute atomic E-state index is 12.5. The molecule has 1 aliphatic carbocycles. The van der Waals surface area contributed by atoms with Crippen molar-refractivity contribution in [2.45, 2.75) is 84.0 Å². The minimum atomic E-state index is -0.287. The lowest BCUT2D eigenvalue weighted by atomic mass is 9.62. The van der Waals surface area contributed by atoms with Gasteiger partial charge in [0, 0.05) is 25.8 Å². The van der Waals surface area contributed by atoms with Gasteiger partial charge < -0.3 is 20.1 Å². The zero-order valence-electron chi connectivity index (χ0n) is 16.4. The molecule has 1 saturated carbocycles. The van der Waals surface area contributed by atoms with Crippen LogP contribution in [0.15, 0.2) is 0 Å². The van der Waals surface area contributed by atoms with Crippen LogP contribution < -0.4 is 10.6 Å². The van der Waals surface area contributed by atoms with E-state index >= 15 is 0 Å². The van der Waals surface area contributed by atoms with Gasteiger partial charge in [-0.15, -0.1) is 0 Å². The third-order valence-electron chi connectivity index (χ3n) is 5.92. The first kappa shape index (κ1) is 19.6. The Labute approximate surface area is 156 Å². The van der Waals surface area contributed by atoms with E-state index < -0.39 is 0 Å². The minimum absolute atomic E-state index is 0.00652. The maximum Gasteiger partial charge on any atom is 0.249 e. The Balaban J connectivity index is 1.56. The van der Waals surface area contributed by atoms with E-state index in [2.05, 4.69) is 31.4 Å². The van der Waals surface area contributed by atoms with Crippen LogP contribution in [0.1, 0.15) is 65.7 Å². The first-order valence-electron chi connectivity index (χ1n) is 10.1. The zero-order valence-corrected chi connectivity index (χ0v) is 16.4. The molecule has 2 amide bonds. The molecule has 0 aromatic heterocycles. The van der Waals surface area contributed by atoms with E-state index in [0.717, 1.165) is 44.9 Å².